The van der Waals surface area contributed by atoms with Gasteiger partial charge in [-0.15, -0.1) is 0 Å². The average molecular weight is 192 g/mol. The van der Waals surface area contributed by atoms with Crippen molar-refractivity contribution in [3.63, 3.8) is 0 Å². The Hall–Kier alpha value is -0.780. The van der Waals surface area contributed by atoms with Crippen molar-refractivity contribution in [3.05, 3.63) is 0 Å². The summed E-state index contributed by atoms with van der Waals surface area (Å²) in [5, 5.41) is 2.60. The van der Waals surface area contributed by atoms with Gasteiger partial charge in [-0.05, 0) is 0 Å². The first-order chi connectivity index (χ1) is 5.49. The number of sulfone groups is 1. The second-order valence-electron chi connectivity index (χ2n) is 2.85. The van der Waals surface area contributed by atoms with E-state index in [0.29, 0.717) is 19.6 Å². The van der Waals surface area contributed by atoms with Gasteiger partial charge in [0.2, 0.25) is 0 Å². The summed E-state index contributed by atoms with van der Waals surface area (Å²) in [5.41, 5.74) is 0. The number of nitrogens with zero attached hydrogens (tertiary/aromatic N) is 1. The van der Waals surface area contributed by atoms with Crippen LogP contribution in [-0.2, 0) is 9.84 Å². The van der Waals surface area contributed by atoms with Crippen LogP contribution in [0, 0.1) is 0 Å². The summed E-state index contributed by atoms with van der Waals surface area (Å²) in [5.74, 6) is 0.0421. The highest BCUT2D eigenvalue weighted by molar-refractivity contribution is 7.90. The summed E-state index contributed by atoms with van der Waals surface area (Å²) in [7, 11) is -2.96. The Balaban J connectivity index is 2.37. The van der Waals surface area contributed by atoms with Gasteiger partial charge in [-0.1, -0.05) is 0 Å². The van der Waals surface area contributed by atoms with Crippen LogP contribution in [0.3, 0.4) is 0 Å². The zero-order chi connectivity index (χ0) is 9.19. The molecule has 1 aliphatic heterocycles. The standard InChI is InChI=1S/C6H12N2O3S/c1-12(10,11)5-4-8-3-2-7-6(8)9/h2-5H2,1H3,(H,7,9). The molecule has 70 valence electrons. The zero-order valence-electron chi connectivity index (χ0n) is 6.91. The van der Waals surface area contributed by atoms with E-state index < -0.39 is 9.84 Å². The first kappa shape index (κ1) is 9.31. The van der Waals surface area contributed by atoms with Gasteiger partial charge in [0.15, 0.2) is 0 Å². The monoisotopic (exact) mass is 192 g/mol. The van der Waals surface area contributed by atoms with Gasteiger partial charge < -0.3 is 10.2 Å². The van der Waals surface area contributed by atoms with E-state index in [0.717, 1.165) is 0 Å². The van der Waals surface area contributed by atoms with Crippen LogP contribution in [0.1, 0.15) is 0 Å². The van der Waals surface area contributed by atoms with Crippen LogP contribution in [0.25, 0.3) is 0 Å². The van der Waals surface area contributed by atoms with Crippen molar-refractivity contribution in [2.75, 3.05) is 31.6 Å². The Kier molecular flexibility index (Phi) is 2.56. The minimum Gasteiger partial charge on any atom is -0.336 e. The number of amides is 2. The SMILES string of the molecule is CS(=O)(=O)CCN1CCNC1=O. The molecule has 0 aromatic carbocycles. The zero-order valence-corrected chi connectivity index (χ0v) is 7.73. The maximum atomic E-state index is 10.9. The summed E-state index contributed by atoms with van der Waals surface area (Å²) >= 11 is 0. The third-order valence-electron chi connectivity index (χ3n) is 1.68. The largest absolute Gasteiger partial charge is 0.336 e. The third-order valence-corrected chi connectivity index (χ3v) is 2.60. The number of carbonyl (C=O) groups excluding carboxylic acids is 1. The van der Waals surface area contributed by atoms with Crippen LogP contribution >= 0.6 is 0 Å². The van der Waals surface area contributed by atoms with E-state index in [1.807, 2.05) is 0 Å². The van der Waals surface area contributed by atoms with Gasteiger partial charge in [0.05, 0.1) is 5.75 Å². The lowest BCUT2D eigenvalue weighted by Crippen LogP contribution is -2.32. The van der Waals surface area contributed by atoms with Crippen molar-refractivity contribution in [2.45, 2.75) is 0 Å². The summed E-state index contributed by atoms with van der Waals surface area (Å²) in [4.78, 5) is 12.4. The lowest BCUT2D eigenvalue weighted by molar-refractivity contribution is 0.220. The molecule has 6 heteroatoms. The Morgan fingerprint density at radius 2 is 2.25 bits per heavy atom. The van der Waals surface area contributed by atoms with Crippen molar-refractivity contribution >= 4 is 15.9 Å². The third kappa shape index (κ3) is 2.69. The Morgan fingerprint density at radius 3 is 2.67 bits per heavy atom. The van der Waals surface area contributed by atoms with Crippen molar-refractivity contribution in [2.24, 2.45) is 0 Å². The smallest absolute Gasteiger partial charge is 0.317 e. The minimum absolute atomic E-state index is 0.0421. The maximum Gasteiger partial charge on any atom is 0.317 e. The van der Waals surface area contributed by atoms with Crippen LogP contribution in [0.4, 0.5) is 4.79 Å². The van der Waals surface area contributed by atoms with E-state index in [1.165, 1.54) is 11.2 Å². The highest BCUT2D eigenvalue weighted by atomic mass is 32.2. The van der Waals surface area contributed by atoms with Crippen LogP contribution in [0.5, 0.6) is 0 Å². The van der Waals surface area contributed by atoms with Crippen LogP contribution in [-0.4, -0.2) is 51.0 Å². The van der Waals surface area contributed by atoms with Gasteiger partial charge in [0.1, 0.15) is 9.84 Å². The number of hydrogen-bond donors (Lipinski definition) is 1. The molecule has 0 aliphatic carbocycles. The predicted octanol–water partition coefficient (Wildman–Crippen LogP) is -0.944. The molecule has 0 saturated carbocycles. The average Bonchev–Trinajstić information content (AvgIpc) is 2.29. The van der Waals surface area contributed by atoms with Gasteiger partial charge in [0, 0.05) is 25.9 Å². The fourth-order valence-corrected chi connectivity index (χ4v) is 1.55. The molecule has 2 amide bonds. The molecule has 1 N–H and O–H groups in total. The van der Waals surface area contributed by atoms with E-state index in [9.17, 15) is 13.2 Å². The summed E-state index contributed by atoms with van der Waals surface area (Å²) in [6, 6.07) is -0.168. The van der Waals surface area contributed by atoms with Gasteiger partial charge in [-0.2, -0.15) is 0 Å². The fourth-order valence-electron chi connectivity index (χ4n) is 1.00. The summed E-state index contributed by atoms with van der Waals surface area (Å²) < 4.78 is 21.5. The van der Waals surface area contributed by atoms with E-state index in [1.54, 1.807) is 0 Å². The van der Waals surface area contributed by atoms with Gasteiger partial charge in [-0.3, -0.25) is 0 Å². The molecule has 1 saturated heterocycles. The molecule has 1 heterocycles. The van der Waals surface area contributed by atoms with Crippen molar-refractivity contribution in [1.82, 2.24) is 10.2 Å². The number of urea groups is 1. The van der Waals surface area contributed by atoms with Crippen molar-refractivity contribution in [1.29, 1.82) is 0 Å². The number of nitrogens with one attached hydrogen (secondary N) is 1. The molecule has 0 spiro atoms. The van der Waals surface area contributed by atoms with Gasteiger partial charge in [-0.25, -0.2) is 13.2 Å². The number of hydrogen-bond acceptors (Lipinski definition) is 3. The lowest BCUT2D eigenvalue weighted by atomic mass is 10.6. The first-order valence-electron chi connectivity index (χ1n) is 3.69. The van der Waals surface area contributed by atoms with Gasteiger partial charge >= 0.3 is 6.03 Å². The van der Waals surface area contributed by atoms with Gasteiger partial charge in [0.25, 0.3) is 0 Å². The first-order valence-corrected chi connectivity index (χ1v) is 5.75. The number of rotatable bonds is 3. The molecule has 1 fully saturated rings. The van der Waals surface area contributed by atoms with Crippen LogP contribution in [0.2, 0.25) is 0 Å². The molecule has 0 unspecified atom stereocenters. The maximum absolute atomic E-state index is 10.9. The van der Waals surface area contributed by atoms with Crippen LogP contribution in [0.15, 0.2) is 0 Å². The van der Waals surface area contributed by atoms with E-state index >= 15 is 0 Å². The topological polar surface area (TPSA) is 66.5 Å². The summed E-state index contributed by atoms with van der Waals surface area (Å²) in [6.45, 7) is 1.52. The molecule has 0 radical (unpaired) electrons. The molecular weight excluding hydrogens is 180 g/mol. The van der Waals surface area contributed by atoms with Crippen molar-refractivity contribution < 1.29 is 13.2 Å². The second kappa shape index (κ2) is 3.30. The van der Waals surface area contributed by atoms with E-state index in [4.69, 9.17) is 0 Å². The molecule has 0 atom stereocenters. The van der Waals surface area contributed by atoms with E-state index in [2.05, 4.69) is 5.32 Å². The highest BCUT2D eigenvalue weighted by Gasteiger charge is 2.19. The molecule has 0 bridgehead atoms. The van der Waals surface area contributed by atoms with Crippen molar-refractivity contribution in [3.8, 4) is 0 Å². The highest BCUT2D eigenvalue weighted by Crippen LogP contribution is 1.96. The molecule has 0 aromatic heterocycles. The molecule has 1 aliphatic rings. The molecule has 5 nitrogen and oxygen atoms in total. The fraction of sp³-hybridized carbons (Fsp3) is 0.833. The molecule has 1 rings (SSSR count). The molecule has 12 heavy (non-hydrogen) atoms. The number of carbonyl (C=O) groups is 1. The Bertz CT molecular complexity index is 273. The Labute approximate surface area is 71.7 Å². The second-order valence-corrected chi connectivity index (χ2v) is 5.11. The quantitative estimate of drug-likeness (QED) is 0.627. The normalized spacial score (nSPS) is 18.1. The Morgan fingerprint density at radius 1 is 1.58 bits per heavy atom. The lowest BCUT2D eigenvalue weighted by Gasteiger charge is -2.12. The minimum atomic E-state index is -2.96. The van der Waals surface area contributed by atoms with E-state index in [-0.39, 0.29) is 11.8 Å². The predicted molar refractivity (Wildman–Crippen MR) is 44.7 cm³/mol. The molecule has 0 aromatic rings. The molecular formula is C6H12N2O3S. The van der Waals surface area contributed by atoms with Crippen LogP contribution < -0.4 is 5.32 Å². The summed E-state index contributed by atoms with van der Waals surface area (Å²) in [6.07, 6.45) is 1.17.